The Kier molecular flexibility index (Phi) is 2.94. The van der Waals surface area contributed by atoms with Gasteiger partial charge in [0.15, 0.2) is 11.5 Å². The quantitative estimate of drug-likeness (QED) is 0.747. The van der Waals surface area contributed by atoms with Crippen LogP contribution in [-0.2, 0) is 0 Å². The number of carboxylic acids is 1. The molecule has 0 fully saturated rings. The zero-order valence-electron chi connectivity index (χ0n) is 10.0. The van der Waals surface area contributed by atoms with E-state index < -0.39 is 5.97 Å². The van der Waals surface area contributed by atoms with Crippen molar-refractivity contribution in [2.24, 2.45) is 0 Å². The molecule has 100 valence electrons. The molecular formula is C14H8BrNO4. The summed E-state index contributed by atoms with van der Waals surface area (Å²) in [5.41, 5.74) is 0.198. The Bertz CT molecular complexity index is 825. The predicted molar refractivity (Wildman–Crippen MR) is 75.8 cm³/mol. The topological polar surface area (TPSA) is 83.6 Å². The fourth-order valence-electron chi connectivity index (χ4n) is 1.96. The smallest absolute Gasteiger partial charge is 0.358 e. The summed E-state index contributed by atoms with van der Waals surface area (Å²) in [5.74, 6) is -0.960. The van der Waals surface area contributed by atoms with Crippen LogP contribution in [0.2, 0.25) is 0 Å². The largest absolute Gasteiger partial charge is 0.507 e. The minimum atomic E-state index is -1.18. The Morgan fingerprint density at radius 1 is 1.15 bits per heavy atom. The number of phenolic OH excluding ortho intramolecular Hbond substituents is 1. The SMILES string of the molecule is O=C(O)c1cc(-c2cc3cc(Br)ccc3cc2O)on1. The molecule has 0 radical (unpaired) electrons. The van der Waals surface area contributed by atoms with E-state index in [1.54, 1.807) is 12.1 Å². The van der Waals surface area contributed by atoms with Crippen molar-refractivity contribution in [1.82, 2.24) is 5.16 Å². The summed E-state index contributed by atoms with van der Waals surface area (Å²) in [6.07, 6.45) is 0. The van der Waals surface area contributed by atoms with Gasteiger partial charge in [0, 0.05) is 10.5 Å². The van der Waals surface area contributed by atoms with E-state index in [0.29, 0.717) is 5.56 Å². The van der Waals surface area contributed by atoms with Gasteiger partial charge in [-0.05, 0) is 35.0 Å². The highest BCUT2D eigenvalue weighted by atomic mass is 79.9. The van der Waals surface area contributed by atoms with E-state index in [4.69, 9.17) is 9.63 Å². The lowest BCUT2D eigenvalue weighted by molar-refractivity contribution is 0.0686. The molecule has 0 aliphatic heterocycles. The highest BCUT2D eigenvalue weighted by Crippen LogP contribution is 2.34. The van der Waals surface area contributed by atoms with Gasteiger partial charge in [-0.15, -0.1) is 0 Å². The molecule has 0 saturated carbocycles. The summed E-state index contributed by atoms with van der Waals surface area (Å²) >= 11 is 3.38. The highest BCUT2D eigenvalue weighted by Gasteiger charge is 2.15. The lowest BCUT2D eigenvalue weighted by atomic mass is 10.0. The van der Waals surface area contributed by atoms with Gasteiger partial charge in [-0.3, -0.25) is 0 Å². The Morgan fingerprint density at radius 3 is 2.65 bits per heavy atom. The molecule has 0 bridgehead atoms. The normalized spacial score (nSPS) is 10.8. The molecule has 20 heavy (non-hydrogen) atoms. The number of nitrogens with zero attached hydrogens (tertiary/aromatic N) is 1. The van der Waals surface area contributed by atoms with Gasteiger partial charge < -0.3 is 14.7 Å². The van der Waals surface area contributed by atoms with Gasteiger partial charge in [0.1, 0.15) is 5.75 Å². The van der Waals surface area contributed by atoms with Crippen molar-refractivity contribution >= 4 is 32.7 Å². The number of halogens is 1. The number of carbonyl (C=O) groups is 1. The molecule has 3 aromatic rings. The average Bonchev–Trinajstić information content (AvgIpc) is 2.88. The molecule has 5 nitrogen and oxygen atoms in total. The van der Waals surface area contributed by atoms with Gasteiger partial charge in [0.05, 0.1) is 5.56 Å². The Balaban J connectivity index is 2.19. The first-order valence-corrected chi connectivity index (χ1v) is 6.46. The zero-order valence-corrected chi connectivity index (χ0v) is 11.6. The van der Waals surface area contributed by atoms with Crippen molar-refractivity contribution in [3.05, 3.63) is 46.6 Å². The molecule has 6 heteroatoms. The second kappa shape index (κ2) is 4.64. The fourth-order valence-corrected chi connectivity index (χ4v) is 2.34. The number of aromatic nitrogens is 1. The molecular weight excluding hydrogens is 326 g/mol. The van der Waals surface area contributed by atoms with Crippen molar-refractivity contribution < 1.29 is 19.5 Å². The number of rotatable bonds is 2. The molecule has 0 amide bonds. The van der Waals surface area contributed by atoms with Crippen molar-refractivity contribution in [3.8, 4) is 17.1 Å². The number of carboxylic acid groups (broad SMARTS) is 1. The van der Waals surface area contributed by atoms with E-state index in [9.17, 15) is 9.90 Å². The van der Waals surface area contributed by atoms with Gasteiger partial charge in [0.25, 0.3) is 0 Å². The van der Waals surface area contributed by atoms with Crippen LogP contribution in [0.3, 0.4) is 0 Å². The Morgan fingerprint density at radius 2 is 1.95 bits per heavy atom. The van der Waals surface area contributed by atoms with Crippen molar-refractivity contribution in [2.75, 3.05) is 0 Å². The summed E-state index contributed by atoms with van der Waals surface area (Å²) in [6.45, 7) is 0. The predicted octanol–water partition coefficient (Wildman–Crippen LogP) is 3.66. The summed E-state index contributed by atoms with van der Waals surface area (Å²) in [6, 6.07) is 10.2. The molecule has 0 spiro atoms. The van der Waals surface area contributed by atoms with Crippen LogP contribution >= 0.6 is 15.9 Å². The minimum Gasteiger partial charge on any atom is -0.507 e. The molecule has 2 N–H and O–H groups in total. The maximum atomic E-state index is 10.8. The first-order chi connectivity index (χ1) is 9.54. The van der Waals surface area contributed by atoms with E-state index in [-0.39, 0.29) is 17.2 Å². The molecule has 1 aromatic heterocycles. The molecule has 3 rings (SSSR count). The van der Waals surface area contributed by atoms with Crippen molar-refractivity contribution in [2.45, 2.75) is 0 Å². The lowest BCUT2D eigenvalue weighted by Gasteiger charge is -2.04. The molecule has 0 saturated heterocycles. The third kappa shape index (κ3) is 2.14. The minimum absolute atomic E-state index is 0.00733. The van der Waals surface area contributed by atoms with Gasteiger partial charge in [-0.1, -0.05) is 27.2 Å². The molecule has 0 aliphatic carbocycles. The number of fused-ring (bicyclic) bond motifs is 1. The summed E-state index contributed by atoms with van der Waals surface area (Å²) in [7, 11) is 0. The van der Waals surface area contributed by atoms with E-state index in [0.717, 1.165) is 15.2 Å². The van der Waals surface area contributed by atoms with Crippen LogP contribution in [0.4, 0.5) is 0 Å². The number of hydrogen-bond acceptors (Lipinski definition) is 4. The first-order valence-electron chi connectivity index (χ1n) is 5.67. The lowest BCUT2D eigenvalue weighted by Crippen LogP contribution is -1.94. The van der Waals surface area contributed by atoms with Crippen LogP contribution in [0.25, 0.3) is 22.1 Å². The van der Waals surface area contributed by atoms with Crippen LogP contribution in [0.15, 0.2) is 45.4 Å². The Hall–Kier alpha value is -2.34. The van der Waals surface area contributed by atoms with Crippen LogP contribution in [0, 0.1) is 0 Å². The molecule has 1 heterocycles. The average molecular weight is 334 g/mol. The second-order valence-electron chi connectivity index (χ2n) is 4.24. The van der Waals surface area contributed by atoms with Gasteiger partial charge in [0.2, 0.25) is 0 Å². The van der Waals surface area contributed by atoms with Gasteiger partial charge in [-0.25, -0.2) is 4.79 Å². The third-order valence-electron chi connectivity index (χ3n) is 2.91. The zero-order chi connectivity index (χ0) is 14.3. The highest BCUT2D eigenvalue weighted by molar-refractivity contribution is 9.10. The van der Waals surface area contributed by atoms with Crippen LogP contribution < -0.4 is 0 Å². The van der Waals surface area contributed by atoms with Crippen molar-refractivity contribution in [3.63, 3.8) is 0 Å². The van der Waals surface area contributed by atoms with E-state index in [1.807, 2.05) is 18.2 Å². The van der Waals surface area contributed by atoms with E-state index in [1.165, 1.54) is 6.07 Å². The molecule has 0 atom stereocenters. The van der Waals surface area contributed by atoms with Crippen molar-refractivity contribution in [1.29, 1.82) is 0 Å². The third-order valence-corrected chi connectivity index (χ3v) is 3.40. The number of hydrogen-bond donors (Lipinski definition) is 2. The maximum Gasteiger partial charge on any atom is 0.358 e. The number of benzene rings is 2. The van der Waals surface area contributed by atoms with E-state index in [2.05, 4.69) is 21.1 Å². The number of aromatic carboxylic acids is 1. The summed E-state index contributed by atoms with van der Waals surface area (Å²) in [4.78, 5) is 10.8. The van der Waals surface area contributed by atoms with Crippen LogP contribution in [-0.4, -0.2) is 21.3 Å². The standard InChI is InChI=1S/C14H8BrNO4/c15-9-2-1-7-5-12(17)10(4-8(7)3-9)13-6-11(14(18)19)16-20-13/h1-6,17H,(H,18,19). The number of phenols is 1. The molecule has 0 unspecified atom stereocenters. The van der Waals surface area contributed by atoms with E-state index >= 15 is 0 Å². The Labute approximate surface area is 121 Å². The fraction of sp³-hybridized carbons (Fsp3) is 0. The van der Waals surface area contributed by atoms with Crippen LogP contribution in [0.5, 0.6) is 5.75 Å². The number of aromatic hydroxyl groups is 1. The first kappa shape index (κ1) is 12.7. The second-order valence-corrected chi connectivity index (χ2v) is 5.16. The van der Waals surface area contributed by atoms with Gasteiger partial charge >= 0.3 is 5.97 Å². The van der Waals surface area contributed by atoms with Crippen LogP contribution in [0.1, 0.15) is 10.5 Å². The van der Waals surface area contributed by atoms with Gasteiger partial charge in [-0.2, -0.15) is 0 Å². The molecule has 0 aliphatic rings. The molecule has 2 aromatic carbocycles. The summed E-state index contributed by atoms with van der Waals surface area (Å²) in [5, 5.41) is 24.1. The monoisotopic (exact) mass is 333 g/mol. The maximum absolute atomic E-state index is 10.8. The summed E-state index contributed by atoms with van der Waals surface area (Å²) < 4.78 is 5.88.